The van der Waals surface area contributed by atoms with Gasteiger partial charge in [-0.3, -0.25) is 4.79 Å². The lowest BCUT2D eigenvalue weighted by Crippen LogP contribution is -2.38. The molecule has 166 valence electrons. The lowest BCUT2D eigenvalue weighted by atomic mass is 10.1. The molecular formula is C25H34N4O2. The summed E-state index contributed by atoms with van der Waals surface area (Å²) < 4.78 is 5.20. The lowest BCUT2D eigenvalue weighted by molar-refractivity contribution is 0.0724. The molecule has 3 rings (SSSR count). The standard InChI is InChI=1S/C25H34N4O2/c1-3-26-25(27-16-15-20-9-13-23(31-2)14-10-20)28-19-21-7-11-22(12-8-21)24(30)29-17-5-4-6-18-29/h7-14H,3-6,15-19H2,1-2H3,(H2,26,27,28). The quantitative estimate of drug-likeness (QED) is 0.504. The van der Waals surface area contributed by atoms with Crippen molar-refractivity contribution >= 4 is 11.9 Å². The van der Waals surface area contributed by atoms with Crippen molar-refractivity contribution in [2.75, 3.05) is 33.3 Å². The predicted octanol–water partition coefficient (Wildman–Crippen LogP) is 3.62. The molecular weight excluding hydrogens is 388 g/mol. The van der Waals surface area contributed by atoms with E-state index in [1.54, 1.807) is 7.11 Å². The summed E-state index contributed by atoms with van der Waals surface area (Å²) >= 11 is 0. The van der Waals surface area contributed by atoms with Gasteiger partial charge in [0.15, 0.2) is 5.96 Å². The third-order valence-corrected chi connectivity index (χ3v) is 5.47. The Morgan fingerprint density at radius 1 is 0.968 bits per heavy atom. The maximum atomic E-state index is 12.6. The number of carbonyl (C=O) groups excluding carboxylic acids is 1. The molecule has 0 radical (unpaired) electrons. The number of nitrogens with zero attached hydrogens (tertiary/aromatic N) is 2. The molecule has 31 heavy (non-hydrogen) atoms. The van der Waals surface area contributed by atoms with Crippen LogP contribution in [0.2, 0.25) is 0 Å². The average Bonchev–Trinajstić information content (AvgIpc) is 2.83. The fourth-order valence-electron chi connectivity index (χ4n) is 3.66. The topological polar surface area (TPSA) is 66.0 Å². The van der Waals surface area contributed by atoms with Crippen molar-refractivity contribution in [1.82, 2.24) is 15.5 Å². The zero-order chi connectivity index (χ0) is 21.9. The van der Waals surface area contributed by atoms with Gasteiger partial charge in [-0.05, 0) is 68.0 Å². The smallest absolute Gasteiger partial charge is 0.253 e. The fraction of sp³-hybridized carbons (Fsp3) is 0.440. The largest absolute Gasteiger partial charge is 0.497 e. The molecule has 2 N–H and O–H groups in total. The summed E-state index contributed by atoms with van der Waals surface area (Å²) in [5.41, 5.74) is 3.10. The molecule has 0 spiro atoms. The maximum Gasteiger partial charge on any atom is 0.253 e. The number of aliphatic imine (C=N–C) groups is 1. The Hall–Kier alpha value is -3.02. The van der Waals surface area contributed by atoms with Crippen molar-refractivity contribution in [3.05, 3.63) is 65.2 Å². The van der Waals surface area contributed by atoms with Crippen LogP contribution in [-0.2, 0) is 13.0 Å². The number of amides is 1. The molecule has 0 bridgehead atoms. The molecule has 6 nitrogen and oxygen atoms in total. The van der Waals surface area contributed by atoms with Crippen molar-refractivity contribution in [1.29, 1.82) is 0 Å². The van der Waals surface area contributed by atoms with E-state index in [9.17, 15) is 4.79 Å². The molecule has 2 aromatic carbocycles. The van der Waals surface area contributed by atoms with E-state index in [1.165, 1.54) is 12.0 Å². The number of rotatable bonds is 8. The number of guanidine groups is 1. The number of carbonyl (C=O) groups is 1. The molecule has 0 aromatic heterocycles. The minimum absolute atomic E-state index is 0.142. The molecule has 1 aliphatic heterocycles. The second-order valence-corrected chi connectivity index (χ2v) is 7.77. The lowest BCUT2D eigenvalue weighted by Gasteiger charge is -2.26. The number of hydrogen-bond acceptors (Lipinski definition) is 3. The molecule has 1 saturated heterocycles. The summed E-state index contributed by atoms with van der Waals surface area (Å²) in [6.45, 7) is 5.97. The summed E-state index contributed by atoms with van der Waals surface area (Å²) in [6, 6.07) is 16.0. The van der Waals surface area contributed by atoms with Crippen molar-refractivity contribution in [3.8, 4) is 5.75 Å². The number of ether oxygens (including phenoxy) is 1. The Labute approximate surface area is 185 Å². The summed E-state index contributed by atoms with van der Waals surface area (Å²) in [5.74, 6) is 1.81. The molecule has 1 aliphatic rings. The minimum Gasteiger partial charge on any atom is -0.497 e. The first-order chi connectivity index (χ1) is 15.2. The van der Waals surface area contributed by atoms with Crippen LogP contribution in [0.15, 0.2) is 53.5 Å². The first-order valence-electron chi connectivity index (χ1n) is 11.2. The molecule has 0 atom stereocenters. The highest BCUT2D eigenvalue weighted by molar-refractivity contribution is 5.94. The van der Waals surface area contributed by atoms with E-state index in [1.807, 2.05) is 41.3 Å². The second kappa shape index (κ2) is 12.0. The highest BCUT2D eigenvalue weighted by atomic mass is 16.5. The highest BCUT2D eigenvalue weighted by Crippen LogP contribution is 2.14. The number of nitrogens with one attached hydrogen (secondary N) is 2. The molecule has 2 aromatic rings. The molecule has 1 amide bonds. The third-order valence-electron chi connectivity index (χ3n) is 5.47. The number of methoxy groups -OCH3 is 1. The normalized spacial score (nSPS) is 14.3. The van der Waals surface area contributed by atoms with Crippen LogP contribution >= 0.6 is 0 Å². The van der Waals surface area contributed by atoms with Gasteiger partial charge in [0.1, 0.15) is 5.75 Å². The summed E-state index contributed by atoms with van der Waals surface area (Å²) in [7, 11) is 1.68. The van der Waals surface area contributed by atoms with Gasteiger partial charge in [0.2, 0.25) is 0 Å². The highest BCUT2D eigenvalue weighted by Gasteiger charge is 2.17. The molecule has 6 heteroatoms. The van der Waals surface area contributed by atoms with Crippen LogP contribution in [0.4, 0.5) is 0 Å². The zero-order valence-corrected chi connectivity index (χ0v) is 18.7. The van der Waals surface area contributed by atoms with Gasteiger partial charge in [0.25, 0.3) is 5.91 Å². The zero-order valence-electron chi connectivity index (χ0n) is 18.7. The monoisotopic (exact) mass is 422 g/mol. The van der Waals surface area contributed by atoms with Crippen molar-refractivity contribution in [2.24, 2.45) is 4.99 Å². The summed E-state index contributed by atoms with van der Waals surface area (Å²) in [5, 5.41) is 6.68. The van der Waals surface area contributed by atoms with Gasteiger partial charge in [-0.2, -0.15) is 0 Å². The van der Waals surface area contributed by atoms with Gasteiger partial charge < -0.3 is 20.3 Å². The van der Waals surface area contributed by atoms with E-state index in [0.29, 0.717) is 6.54 Å². The van der Waals surface area contributed by atoms with E-state index < -0.39 is 0 Å². The van der Waals surface area contributed by atoms with Gasteiger partial charge in [-0.25, -0.2) is 4.99 Å². The van der Waals surface area contributed by atoms with Crippen LogP contribution in [0.1, 0.15) is 47.7 Å². The molecule has 1 heterocycles. The number of likely N-dealkylation sites (tertiary alicyclic amines) is 1. The Bertz CT molecular complexity index is 841. The van der Waals surface area contributed by atoms with Gasteiger partial charge in [-0.15, -0.1) is 0 Å². The van der Waals surface area contributed by atoms with Crippen molar-refractivity contribution < 1.29 is 9.53 Å². The number of benzene rings is 2. The fourth-order valence-corrected chi connectivity index (χ4v) is 3.66. The van der Waals surface area contributed by atoms with Gasteiger partial charge in [0, 0.05) is 31.7 Å². The molecule has 0 aliphatic carbocycles. The van der Waals surface area contributed by atoms with Crippen molar-refractivity contribution in [2.45, 2.75) is 39.2 Å². The Kier molecular flexibility index (Phi) is 8.76. The number of piperidine rings is 1. The Morgan fingerprint density at radius 2 is 1.65 bits per heavy atom. The van der Waals surface area contributed by atoms with E-state index in [4.69, 9.17) is 4.74 Å². The second-order valence-electron chi connectivity index (χ2n) is 7.77. The molecule has 0 unspecified atom stereocenters. The Morgan fingerprint density at radius 3 is 2.29 bits per heavy atom. The van der Waals surface area contributed by atoms with Crippen molar-refractivity contribution in [3.63, 3.8) is 0 Å². The SMILES string of the molecule is CCNC(=NCc1ccc(C(=O)N2CCCCC2)cc1)NCCc1ccc(OC)cc1. The van der Waals surface area contributed by atoms with Gasteiger partial charge in [0.05, 0.1) is 13.7 Å². The van der Waals surface area contributed by atoms with Crippen LogP contribution in [0.25, 0.3) is 0 Å². The van der Waals surface area contributed by atoms with E-state index in [-0.39, 0.29) is 5.91 Å². The van der Waals surface area contributed by atoms with Crippen LogP contribution in [-0.4, -0.2) is 50.1 Å². The van der Waals surface area contributed by atoms with Gasteiger partial charge in [-0.1, -0.05) is 24.3 Å². The van der Waals surface area contributed by atoms with Gasteiger partial charge >= 0.3 is 0 Å². The van der Waals surface area contributed by atoms with Crippen LogP contribution in [0, 0.1) is 0 Å². The summed E-state index contributed by atoms with van der Waals surface area (Å²) in [4.78, 5) is 19.3. The summed E-state index contributed by atoms with van der Waals surface area (Å²) in [6.07, 6.45) is 4.35. The minimum atomic E-state index is 0.142. The third kappa shape index (κ3) is 7.02. The predicted molar refractivity (Wildman–Crippen MR) is 126 cm³/mol. The first-order valence-corrected chi connectivity index (χ1v) is 11.2. The van der Waals surface area contributed by atoms with E-state index in [0.717, 1.165) is 68.3 Å². The van der Waals surface area contributed by atoms with Crippen LogP contribution in [0.3, 0.4) is 0 Å². The molecule has 1 fully saturated rings. The Balaban J connectivity index is 1.51. The van der Waals surface area contributed by atoms with E-state index >= 15 is 0 Å². The molecule has 0 saturated carbocycles. The van der Waals surface area contributed by atoms with Crippen LogP contribution in [0.5, 0.6) is 5.75 Å². The van der Waals surface area contributed by atoms with E-state index in [2.05, 4.69) is 34.7 Å². The number of hydrogen-bond donors (Lipinski definition) is 2. The average molecular weight is 423 g/mol. The first kappa shape index (κ1) is 22.7. The maximum absolute atomic E-state index is 12.6. The van der Waals surface area contributed by atoms with Crippen LogP contribution < -0.4 is 15.4 Å².